The van der Waals surface area contributed by atoms with Crippen LogP contribution in [0.5, 0.6) is 0 Å². The van der Waals surface area contributed by atoms with E-state index in [0.29, 0.717) is 50.5 Å². The number of rotatable bonds is 13. The van der Waals surface area contributed by atoms with Gasteiger partial charge in [-0.05, 0) is 124 Å². The molecule has 10 atom stereocenters. The van der Waals surface area contributed by atoms with Crippen LogP contribution in [0.2, 0.25) is 5.02 Å². The van der Waals surface area contributed by atoms with E-state index < -0.39 is 178 Å². The third-order valence-corrected chi connectivity index (χ3v) is 23.1. The molecule has 0 aromatic heterocycles. The summed E-state index contributed by atoms with van der Waals surface area (Å²) in [5, 5.41) is 8.05. The van der Waals surface area contributed by atoms with Gasteiger partial charge in [-0.1, -0.05) is 122 Å². The number of likely N-dealkylation sites (N-methyl/N-ethyl adjacent to an activating group) is 8. The molecule has 2 aromatic carbocycles. The highest BCUT2D eigenvalue weighted by molar-refractivity contribution is 6.31. The minimum absolute atomic E-state index is 0.0136. The lowest BCUT2D eigenvalue weighted by Crippen LogP contribution is -2.65. The zero-order valence-corrected chi connectivity index (χ0v) is 64.4. The second-order valence-electron chi connectivity index (χ2n) is 30.7. The van der Waals surface area contributed by atoms with Gasteiger partial charge in [0.25, 0.3) is 0 Å². The van der Waals surface area contributed by atoms with Gasteiger partial charge in [0.2, 0.25) is 70.9 Å². The number of hydrogen-bond acceptors (Lipinski definition) is 12. The fourth-order valence-corrected chi connectivity index (χ4v) is 16.0. The molecule has 105 heavy (non-hydrogen) atoms. The lowest BCUT2D eigenvalue weighted by molar-refractivity contribution is -0.160. The molecular weight excluding hydrogens is 1380 g/mol. The number of fused-ring (bicyclic) bond motifs is 1. The van der Waals surface area contributed by atoms with Crippen LogP contribution in [0.25, 0.3) is 0 Å². The lowest BCUT2D eigenvalue weighted by Gasteiger charge is -2.45. The molecule has 0 bridgehead atoms. The van der Waals surface area contributed by atoms with Gasteiger partial charge < -0.3 is 60.0 Å². The summed E-state index contributed by atoms with van der Waals surface area (Å²) >= 11 is 6.19. The maximum atomic E-state index is 15.8. The zero-order chi connectivity index (χ0) is 77.9. The van der Waals surface area contributed by atoms with Crippen LogP contribution in [0, 0.1) is 29.5 Å². The van der Waals surface area contributed by atoms with Crippen LogP contribution in [0.1, 0.15) is 173 Å². The highest BCUT2D eigenvalue weighted by atomic mass is 35.5. The highest BCUT2D eigenvalue weighted by Crippen LogP contribution is 2.39. The predicted octanol–water partition coefficient (Wildman–Crippen LogP) is 6.86. The third kappa shape index (κ3) is 20.4. The second kappa shape index (κ2) is 36.6. The molecule has 582 valence electrons. The standard InChI is InChI=1S/C76H111ClF4N12O12/c1-15-46(4)63-72(103)87(9)47(5)67(98)93-38-35-56(93)71(102)90(12)59(42-48-23-17-16-18-24-48)70(101)86(8)44-61(94)82-55(34-30-49-29-33-53(54(77)40-49)76(79,80)81)68(99)89(11)58(41-50-27-31-52(78)32-28-50)66(97)84-75(36-21-22-37-75)74(105)92(14)64(51-25-19-20-26-51)73(104)91(13)60(69(100)85(6)7)43-62(95)88(10)57(39-45(2)3)65(96)83-63/h27-29,31-33,40,45-48,51,55-60,63-64H,15-26,30,34-39,41-44H2,1-14H3,(H,82,94)(H,83,96)(H,84,97)/t46-,47-,55-,56-,57-,58-,59-,60-,63-,64-/m0/s1. The molecule has 0 radical (unpaired) electrons. The van der Waals surface area contributed by atoms with Crippen molar-refractivity contribution in [3.05, 3.63) is 70.0 Å². The summed E-state index contributed by atoms with van der Waals surface area (Å²) in [5.41, 5.74) is -2.22. The highest BCUT2D eigenvalue weighted by Gasteiger charge is 2.52. The molecule has 1 spiro atoms. The molecule has 2 saturated heterocycles. The molecule has 2 aliphatic heterocycles. The van der Waals surface area contributed by atoms with E-state index in [-0.39, 0.29) is 75.3 Å². The lowest BCUT2D eigenvalue weighted by atomic mass is 9.84. The SMILES string of the molecule is CC[C@H](C)[C@@H]1NC(=O)[C@H](CC(C)C)N(C)C(=O)C[C@@H](C(=O)N(C)C)N(C)C(=O)[C@H](C2CCCC2)N(C)C(=O)C2(CCCC2)NC(=O)[C@H](Cc2ccc(F)cc2)N(C)C(=O)[C@H](CCc2ccc(C(F)(F)F)c(Cl)c2)NC(=O)CN(C)C(=O)[C@H](CC2CCCCC2)N(C)C(=O)[C@@H]2CCN2C(=O)[C@H](C)N(C)C1=O. The fraction of sp³-hybridized carbons (Fsp3) is 0.684. The first-order valence-electron chi connectivity index (χ1n) is 37.2. The van der Waals surface area contributed by atoms with E-state index >= 15 is 24.0 Å². The van der Waals surface area contributed by atoms with Crippen molar-refractivity contribution in [2.75, 3.05) is 76.5 Å². The van der Waals surface area contributed by atoms with Crippen LogP contribution in [-0.2, 0) is 76.6 Å². The minimum atomic E-state index is -4.80. The molecule has 5 aliphatic rings. The van der Waals surface area contributed by atoms with Gasteiger partial charge in [-0.2, -0.15) is 13.2 Å². The quantitative estimate of drug-likeness (QED) is 0.174. The van der Waals surface area contributed by atoms with Crippen LogP contribution in [0.4, 0.5) is 17.6 Å². The van der Waals surface area contributed by atoms with E-state index in [1.165, 1.54) is 118 Å². The third-order valence-electron chi connectivity index (χ3n) is 22.8. The molecule has 2 aromatic rings. The number of alkyl halides is 3. The van der Waals surface area contributed by atoms with E-state index in [2.05, 4.69) is 16.0 Å². The average Bonchev–Trinajstić information content (AvgIpc) is 1.59. The number of aryl methyl sites for hydroxylation is 1. The van der Waals surface area contributed by atoms with Gasteiger partial charge in [0.05, 0.1) is 23.6 Å². The van der Waals surface area contributed by atoms with Crippen LogP contribution >= 0.6 is 11.6 Å². The van der Waals surface area contributed by atoms with Gasteiger partial charge in [-0.25, -0.2) is 4.39 Å². The zero-order valence-electron chi connectivity index (χ0n) is 63.6. The summed E-state index contributed by atoms with van der Waals surface area (Å²) in [7, 11) is 12.7. The molecule has 12 amide bonds. The smallest absolute Gasteiger partial charge is 0.347 e. The maximum absolute atomic E-state index is 15.8. The van der Waals surface area contributed by atoms with E-state index in [9.17, 15) is 51.1 Å². The van der Waals surface area contributed by atoms with Gasteiger partial charge in [0.15, 0.2) is 0 Å². The van der Waals surface area contributed by atoms with Crippen LogP contribution < -0.4 is 16.0 Å². The molecule has 5 fully saturated rings. The summed E-state index contributed by atoms with van der Waals surface area (Å²) in [5.74, 6) is -10.3. The Morgan fingerprint density at radius 2 is 1.26 bits per heavy atom. The Morgan fingerprint density at radius 3 is 1.82 bits per heavy atom. The molecule has 24 nitrogen and oxygen atoms in total. The Labute approximate surface area is 620 Å². The first-order valence-corrected chi connectivity index (χ1v) is 37.6. The van der Waals surface area contributed by atoms with E-state index in [0.717, 1.165) is 71.1 Å². The normalized spacial score (nSPS) is 26.5. The first-order chi connectivity index (χ1) is 49.3. The van der Waals surface area contributed by atoms with Crippen molar-refractivity contribution in [1.29, 1.82) is 0 Å². The summed E-state index contributed by atoms with van der Waals surface area (Å²) < 4.78 is 56.6. The first kappa shape index (κ1) is 84.4. The number of halogens is 5. The Kier molecular flexibility index (Phi) is 29.4. The molecular formula is C76H111ClF4N12O12. The molecule has 3 N–H and O–H groups in total. The summed E-state index contributed by atoms with van der Waals surface area (Å²) in [6.07, 6.45) is 2.32. The van der Waals surface area contributed by atoms with Crippen molar-refractivity contribution in [2.45, 2.75) is 236 Å². The molecule has 2 heterocycles. The van der Waals surface area contributed by atoms with Gasteiger partial charge in [-0.3, -0.25) is 57.5 Å². The summed E-state index contributed by atoms with van der Waals surface area (Å²) in [4.78, 5) is 192. The van der Waals surface area contributed by atoms with Gasteiger partial charge >= 0.3 is 6.18 Å². The summed E-state index contributed by atoms with van der Waals surface area (Å²) in [6, 6.07) is -3.53. The number of amides is 12. The monoisotopic (exact) mass is 1490 g/mol. The topological polar surface area (TPSA) is 270 Å². The van der Waals surface area contributed by atoms with Crippen molar-refractivity contribution in [3.63, 3.8) is 0 Å². The Morgan fingerprint density at radius 1 is 0.657 bits per heavy atom. The number of nitrogens with zero attached hydrogens (tertiary/aromatic N) is 9. The van der Waals surface area contributed by atoms with E-state index in [4.69, 9.17) is 11.6 Å². The number of hydrogen-bond donors (Lipinski definition) is 3. The van der Waals surface area contributed by atoms with Crippen molar-refractivity contribution < 1.29 is 75.1 Å². The molecule has 0 unspecified atom stereocenters. The van der Waals surface area contributed by atoms with Crippen molar-refractivity contribution in [1.82, 2.24) is 60.0 Å². The molecule has 3 saturated carbocycles. The van der Waals surface area contributed by atoms with Crippen molar-refractivity contribution in [3.8, 4) is 0 Å². The Hall–Kier alpha value is -7.91. The molecule has 7 rings (SSSR count). The predicted molar refractivity (Wildman–Crippen MR) is 386 cm³/mol. The van der Waals surface area contributed by atoms with Crippen LogP contribution in [0.15, 0.2) is 42.5 Å². The molecule has 3 aliphatic carbocycles. The van der Waals surface area contributed by atoms with Gasteiger partial charge in [0.1, 0.15) is 65.7 Å². The number of benzene rings is 2. The van der Waals surface area contributed by atoms with E-state index in [1.54, 1.807) is 6.92 Å². The largest absolute Gasteiger partial charge is 0.417 e. The fourth-order valence-electron chi connectivity index (χ4n) is 15.7. The van der Waals surface area contributed by atoms with Crippen LogP contribution in [0.3, 0.4) is 0 Å². The summed E-state index contributed by atoms with van der Waals surface area (Å²) in [6.45, 7) is 8.23. The Balaban J connectivity index is 1.34. The molecule has 29 heteroatoms. The number of carbonyl (C=O) groups is 12. The van der Waals surface area contributed by atoms with Gasteiger partial charge in [0, 0.05) is 76.4 Å². The number of nitrogens with one attached hydrogen (secondary N) is 3. The average molecular weight is 1500 g/mol. The van der Waals surface area contributed by atoms with E-state index in [1.807, 2.05) is 20.8 Å². The van der Waals surface area contributed by atoms with Crippen molar-refractivity contribution >= 4 is 82.5 Å². The maximum Gasteiger partial charge on any atom is 0.417 e. The van der Waals surface area contributed by atoms with Gasteiger partial charge in [-0.15, -0.1) is 0 Å². The minimum Gasteiger partial charge on any atom is -0.347 e. The number of carbonyl (C=O) groups excluding carboxylic acids is 12. The van der Waals surface area contributed by atoms with Crippen LogP contribution in [-0.4, -0.2) is 251 Å². The van der Waals surface area contributed by atoms with Crippen molar-refractivity contribution in [2.24, 2.45) is 23.7 Å². The second-order valence-corrected chi connectivity index (χ2v) is 31.1. The Bertz CT molecular complexity index is 3470.